The minimum atomic E-state index is -2.66. The molecular weight excluding hydrogens is 890 g/mol. The number of hydrogen-bond acceptors (Lipinski definition) is 11. The number of esters is 1. The van der Waals surface area contributed by atoms with Crippen LogP contribution in [0.1, 0.15) is 167 Å². The van der Waals surface area contributed by atoms with E-state index in [2.05, 4.69) is 68.4 Å². The second-order valence-electron chi connectivity index (χ2n) is 22.0. The molecule has 1 N–H and O–H groups in total. The topological polar surface area (TPSA) is 147 Å². The maximum absolute atomic E-state index is 15.1. The fourth-order valence-electron chi connectivity index (χ4n) is 12.4. The standard InChI is InChI=1S/C53H90ClNO11Si/c1-16-20-40-26-35(8)25-36(9)27-45(62-14)48-46(63-15)28-38(11)53(60,65-48)49(57)50(58)55-24-18-17-22-42(55)51(59)64-47(37(10)30-52(54)23-19-21-41(31-52)61-13)39(12)44(29-43(40)56)66-67(32(2)3,33(4)5)34(6)7/h26,30,32-34,36,38-42,44-48,60H,16-25,27-29,31H2,1-15H3. The summed E-state index contributed by atoms with van der Waals surface area (Å²) in [4.78, 5) is 59.7. The van der Waals surface area contributed by atoms with Crippen LogP contribution < -0.4 is 0 Å². The molecule has 0 aromatic heterocycles. The largest absolute Gasteiger partial charge is 0.456 e. The first kappa shape index (κ1) is 57.6. The van der Waals surface area contributed by atoms with Crippen molar-refractivity contribution in [3.05, 3.63) is 23.3 Å². The fraction of sp³-hybridized carbons (Fsp3) is 0.849. The number of carbonyl (C=O) groups excluding carboxylic acids is 4. The van der Waals surface area contributed by atoms with E-state index in [0.717, 1.165) is 30.4 Å². The van der Waals surface area contributed by atoms with E-state index in [-0.39, 0.29) is 66.2 Å². The predicted octanol–water partition coefficient (Wildman–Crippen LogP) is 10.5. The molecule has 1 amide bonds. The minimum absolute atomic E-state index is 0.0297. The van der Waals surface area contributed by atoms with Crippen molar-refractivity contribution >= 4 is 43.4 Å². The van der Waals surface area contributed by atoms with Crippen LogP contribution in [-0.4, -0.2) is 123 Å². The van der Waals surface area contributed by atoms with E-state index >= 15 is 9.59 Å². The molecule has 2 bridgehead atoms. The van der Waals surface area contributed by atoms with Crippen molar-refractivity contribution in [2.75, 3.05) is 27.9 Å². The molecule has 0 aromatic rings. The first-order valence-corrected chi connectivity index (χ1v) is 28.3. The monoisotopic (exact) mass is 980 g/mol. The summed E-state index contributed by atoms with van der Waals surface area (Å²) in [6.07, 6.45) is 8.02. The fourth-order valence-corrected chi connectivity index (χ4v) is 18.5. The third-order valence-electron chi connectivity index (χ3n) is 16.0. The second-order valence-corrected chi connectivity index (χ2v) is 28.2. The number of piperidine rings is 1. The zero-order valence-electron chi connectivity index (χ0n) is 44.0. The number of alkyl halides is 1. The molecule has 1 saturated carbocycles. The van der Waals surface area contributed by atoms with Gasteiger partial charge in [-0.25, -0.2) is 4.79 Å². The van der Waals surface area contributed by atoms with Crippen LogP contribution in [0.25, 0.3) is 0 Å². The van der Waals surface area contributed by atoms with E-state index in [9.17, 15) is 14.7 Å². The maximum Gasteiger partial charge on any atom is 0.329 e. The number of halogens is 1. The van der Waals surface area contributed by atoms with E-state index in [1.807, 2.05) is 19.9 Å². The zero-order valence-corrected chi connectivity index (χ0v) is 45.7. The van der Waals surface area contributed by atoms with Gasteiger partial charge in [0.15, 0.2) is 0 Å². The third kappa shape index (κ3) is 13.5. The number of cyclic esters (lactones) is 1. The van der Waals surface area contributed by atoms with Gasteiger partial charge in [0.2, 0.25) is 14.1 Å². The van der Waals surface area contributed by atoms with Crippen molar-refractivity contribution < 1.29 is 52.4 Å². The summed E-state index contributed by atoms with van der Waals surface area (Å²) in [5, 5.41) is 12.3. The van der Waals surface area contributed by atoms with Crippen molar-refractivity contribution in [1.82, 2.24) is 4.90 Å². The van der Waals surface area contributed by atoms with E-state index in [0.29, 0.717) is 44.9 Å². The minimum Gasteiger partial charge on any atom is -0.456 e. The Kier molecular flexibility index (Phi) is 21.4. The molecule has 14 heteroatoms. The number of Topliss-reactive ketones (excluding diaryl/α,β-unsaturated/α-hetero) is 2. The number of ketones is 2. The molecule has 4 rings (SSSR count). The van der Waals surface area contributed by atoms with Gasteiger partial charge in [-0.3, -0.25) is 14.4 Å². The van der Waals surface area contributed by atoms with Gasteiger partial charge in [-0.2, -0.15) is 0 Å². The van der Waals surface area contributed by atoms with Gasteiger partial charge in [-0.05, 0) is 113 Å². The Morgan fingerprint density at radius 3 is 2.12 bits per heavy atom. The lowest BCUT2D eigenvalue weighted by Crippen LogP contribution is -2.64. The predicted molar refractivity (Wildman–Crippen MR) is 266 cm³/mol. The average Bonchev–Trinajstić information content (AvgIpc) is 3.27. The van der Waals surface area contributed by atoms with Crippen molar-refractivity contribution in [2.24, 2.45) is 23.7 Å². The molecule has 1 aliphatic carbocycles. The number of rotatable bonds is 12. The van der Waals surface area contributed by atoms with Crippen LogP contribution in [0.15, 0.2) is 23.3 Å². The van der Waals surface area contributed by atoms with Crippen LogP contribution in [0.3, 0.4) is 0 Å². The molecule has 4 aliphatic rings. The Bertz CT molecular complexity index is 1710. The number of methoxy groups -OCH3 is 3. The lowest BCUT2D eigenvalue weighted by molar-refractivity contribution is -0.302. The van der Waals surface area contributed by atoms with Crippen LogP contribution >= 0.6 is 11.6 Å². The zero-order chi connectivity index (χ0) is 50.2. The molecular formula is C53H90ClNO11Si. The Morgan fingerprint density at radius 2 is 1.54 bits per heavy atom. The molecule has 12 nitrogen and oxygen atoms in total. The van der Waals surface area contributed by atoms with E-state index in [1.165, 1.54) is 4.90 Å². The number of carbonyl (C=O) groups is 4. The van der Waals surface area contributed by atoms with Gasteiger partial charge in [0, 0.05) is 52.0 Å². The molecule has 3 heterocycles. The summed E-state index contributed by atoms with van der Waals surface area (Å²) in [5.74, 6) is -6.88. The summed E-state index contributed by atoms with van der Waals surface area (Å²) in [5.41, 5.74) is 2.42. The van der Waals surface area contributed by atoms with Gasteiger partial charge >= 0.3 is 5.97 Å². The van der Waals surface area contributed by atoms with E-state index in [1.54, 1.807) is 28.3 Å². The number of nitrogens with zero attached hydrogens (tertiary/aromatic N) is 1. The maximum atomic E-state index is 15.1. The Hall–Kier alpha value is -1.97. The van der Waals surface area contributed by atoms with Gasteiger partial charge in [-0.15, -0.1) is 11.6 Å². The molecule has 13 atom stereocenters. The van der Waals surface area contributed by atoms with E-state index in [4.69, 9.17) is 39.7 Å². The first-order valence-electron chi connectivity index (χ1n) is 25.7. The SMILES string of the molecule is CCCC1C=C(C)CC(C)CC(OC)C2OC(O)(C(=O)C(=O)N3CCCCC3C(=O)OC(C(C)=CC3(Cl)CCCC(OC)C3)C(C)C(O[Si](C(C)C)(C(C)C)C(C)C)CC1=O)C(C)CC2OC. The van der Waals surface area contributed by atoms with Gasteiger partial charge in [-0.1, -0.05) is 93.4 Å². The molecule has 384 valence electrons. The number of aliphatic hydroxyl groups is 1. The molecule has 0 spiro atoms. The second kappa shape index (κ2) is 24.9. The number of allylic oxidation sites excluding steroid dienone is 3. The number of hydrogen-bond donors (Lipinski definition) is 1. The van der Waals surface area contributed by atoms with Gasteiger partial charge in [0.1, 0.15) is 24.0 Å². The molecule has 0 aromatic carbocycles. The quantitative estimate of drug-likeness (QED) is 0.0655. The van der Waals surface area contributed by atoms with Crippen LogP contribution in [0.2, 0.25) is 16.6 Å². The summed E-state index contributed by atoms with van der Waals surface area (Å²) in [6, 6.07) is -1.12. The smallest absolute Gasteiger partial charge is 0.329 e. The molecule has 2 saturated heterocycles. The normalized spacial score (nSPS) is 36.5. The summed E-state index contributed by atoms with van der Waals surface area (Å²) >= 11 is 7.46. The van der Waals surface area contributed by atoms with Crippen LogP contribution in [0.4, 0.5) is 0 Å². The van der Waals surface area contributed by atoms with Crippen molar-refractivity contribution in [3.63, 3.8) is 0 Å². The lowest BCUT2D eigenvalue weighted by Gasteiger charge is -2.47. The highest BCUT2D eigenvalue weighted by atomic mass is 35.5. The highest BCUT2D eigenvalue weighted by Gasteiger charge is 2.57. The van der Waals surface area contributed by atoms with Crippen molar-refractivity contribution in [1.29, 1.82) is 0 Å². The van der Waals surface area contributed by atoms with Crippen molar-refractivity contribution in [2.45, 2.75) is 237 Å². The Morgan fingerprint density at radius 1 is 0.910 bits per heavy atom. The summed E-state index contributed by atoms with van der Waals surface area (Å²) < 4.78 is 38.5. The van der Waals surface area contributed by atoms with Crippen LogP contribution in [0.5, 0.6) is 0 Å². The Balaban J connectivity index is 1.96. The third-order valence-corrected chi connectivity index (χ3v) is 22.6. The van der Waals surface area contributed by atoms with Crippen molar-refractivity contribution in [3.8, 4) is 0 Å². The highest BCUT2D eigenvalue weighted by Crippen LogP contribution is 2.46. The van der Waals surface area contributed by atoms with E-state index < -0.39 is 85.0 Å². The number of amides is 1. The van der Waals surface area contributed by atoms with Gasteiger partial charge in [0.25, 0.3) is 11.7 Å². The highest BCUT2D eigenvalue weighted by molar-refractivity contribution is 6.77. The molecule has 3 fully saturated rings. The molecule has 13 unspecified atom stereocenters. The summed E-state index contributed by atoms with van der Waals surface area (Å²) in [7, 11) is 2.17. The van der Waals surface area contributed by atoms with Crippen LogP contribution in [0, 0.1) is 23.7 Å². The van der Waals surface area contributed by atoms with Crippen LogP contribution in [-0.2, 0) is 47.3 Å². The average molecular weight is 981 g/mol. The molecule has 67 heavy (non-hydrogen) atoms. The number of fused-ring (bicyclic) bond motifs is 3. The summed E-state index contributed by atoms with van der Waals surface area (Å²) in [6.45, 7) is 25.4. The van der Waals surface area contributed by atoms with Gasteiger partial charge in [0.05, 0.1) is 29.3 Å². The molecule has 0 radical (unpaired) electrons. The Labute approximate surface area is 410 Å². The number of ether oxygens (including phenoxy) is 5. The molecule has 3 aliphatic heterocycles. The lowest BCUT2D eigenvalue weighted by atomic mass is 9.81. The first-order chi connectivity index (χ1) is 31.4. The van der Waals surface area contributed by atoms with Gasteiger partial charge < -0.3 is 38.1 Å².